The van der Waals surface area contributed by atoms with E-state index in [0.717, 1.165) is 16.9 Å². The molecule has 0 amide bonds. The molecule has 2 aromatic heterocycles. The highest BCUT2D eigenvalue weighted by Crippen LogP contribution is 2.22. The molecule has 0 bridgehead atoms. The second-order valence-corrected chi connectivity index (χ2v) is 4.58. The van der Waals surface area contributed by atoms with Crippen molar-refractivity contribution in [2.24, 2.45) is 7.05 Å². The molecule has 2 heterocycles. The summed E-state index contributed by atoms with van der Waals surface area (Å²) in [4.78, 5) is 8.60. The molecule has 5 nitrogen and oxygen atoms in total. The Morgan fingerprint density at radius 2 is 2.22 bits per heavy atom. The number of nitrogen functional groups attached to an aromatic ring is 1. The summed E-state index contributed by atoms with van der Waals surface area (Å²) in [6.45, 7) is 0.576. The molecule has 0 saturated carbocycles. The lowest BCUT2D eigenvalue weighted by Crippen LogP contribution is -2.08. The van der Waals surface area contributed by atoms with Gasteiger partial charge in [0.1, 0.15) is 5.82 Å². The number of benzene rings is 1. The molecule has 6 heteroatoms. The number of anilines is 1. The number of nitrogens with zero attached hydrogens (tertiary/aromatic N) is 4. The average Bonchev–Trinajstić information content (AvgIpc) is 2.86. The first-order valence-electron chi connectivity index (χ1n) is 5.52. The van der Waals surface area contributed by atoms with Crippen molar-refractivity contribution in [1.29, 1.82) is 0 Å². The molecular weight excluding hydrogens is 250 g/mol. The van der Waals surface area contributed by atoms with Gasteiger partial charge in [-0.15, -0.1) is 0 Å². The van der Waals surface area contributed by atoms with E-state index >= 15 is 0 Å². The number of nitrogens with two attached hydrogens (primary N) is 1. The maximum absolute atomic E-state index is 6.01. The second-order valence-electron chi connectivity index (χ2n) is 4.14. The first-order chi connectivity index (χ1) is 8.65. The van der Waals surface area contributed by atoms with Gasteiger partial charge < -0.3 is 14.9 Å². The molecule has 0 aliphatic rings. The van der Waals surface area contributed by atoms with Crippen LogP contribution in [0.3, 0.4) is 0 Å². The molecule has 3 aromatic rings. The van der Waals surface area contributed by atoms with Gasteiger partial charge in [0.25, 0.3) is 0 Å². The molecule has 1 aromatic carbocycles. The zero-order chi connectivity index (χ0) is 12.7. The molecule has 0 radical (unpaired) electrons. The zero-order valence-corrected chi connectivity index (χ0v) is 10.6. The number of rotatable bonds is 2. The highest BCUT2D eigenvalue weighted by Gasteiger charge is 2.10. The van der Waals surface area contributed by atoms with Crippen LogP contribution < -0.4 is 5.73 Å². The van der Waals surface area contributed by atoms with Crippen LogP contribution in [0.4, 0.5) is 5.95 Å². The number of hydrogen-bond acceptors (Lipinski definition) is 3. The summed E-state index contributed by atoms with van der Waals surface area (Å²) in [5, 5.41) is 0.670. The smallest absolute Gasteiger partial charge is 0.201 e. The van der Waals surface area contributed by atoms with Crippen LogP contribution in [0.5, 0.6) is 0 Å². The van der Waals surface area contributed by atoms with Crippen LogP contribution in [0.2, 0.25) is 5.02 Å². The van der Waals surface area contributed by atoms with Crippen molar-refractivity contribution in [3.8, 4) is 0 Å². The summed E-state index contributed by atoms with van der Waals surface area (Å²) in [7, 11) is 1.95. The van der Waals surface area contributed by atoms with Gasteiger partial charge in [-0.25, -0.2) is 9.97 Å². The molecule has 0 unspecified atom stereocenters. The zero-order valence-electron chi connectivity index (χ0n) is 9.84. The standard InChI is InChI=1S/C12H12ClN5/c1-17-5-4-15-11(17)7-18-10-6-8(13)2-3-9(10)16-12(18)14/h2-6H,7H2,1H3,(H2,14,16). The molecule has 3 rings (SSSR count). The monoisotopic (exact) mass is 261 g/mol. The molecule has 0 aliphatic carbocycles. The number of aryl methyl sites for hydroxylation is 1. The van der Waals surface area contributed by atoms with Crippen LogP contribution in [-0.2, 0) is 13.6 Å². The molecule has 0 spiro atoms. The Morgan fingerprint density at radius 1 is 1.39 bits per heavy atom. The first kappa shape index (κ1) is 11.1. The van der Waals surface area contributed by atoms with Crippen molar-refractivity contribution in [3.05, 3.63) is 41.4 Å². The lowest BCUT2D eigenvalue weighted by atomic mass is 10.3. The Bertz CT molecular complexity index is 712. The number of aromatic nitrogens is 4. The molecule has 2 N–H and O–H groups in total. The van der Waals surface area contributed by atoms with Crippen molar-refractivity contribution >= 4 is 28.6 Å². The van der Waals surface area contributed by atoms with Crippen molar-refractivity contribution < 1.29 is 0 Å². The van der Waals surface area contributed by atoms with E-state index in [9.17, 15) is 0 Å². The fourth-order valence-electron chi connectivity index (χ4n) is 1.97. The third-order valence-corrected chi connectivity index (χ3v) is 3.20. The largest absolute Gasteiger partial charge is 0.369 e. The Morgan fingerprint density at radius 3 is 2.94 bits per heavy atom. The van der Waals surface area contributed by atoms with Gasteiger partial charge in [0.15, 0.2) is 0 Å². The van der Waals surface area contributed by atoms with E-state index in [1.807, 2.05) is 34.5 Å². The molecule has 0 saturated heterocycles. The summed E-state index contributed by atoms with van der Waals surface area (Å²) >= 11 is 6.01. The van der Waals surface area contributed by atoms with E-state index in [0.29, 0.717) is 17.5 Å². The predicted molar refractivity (Wildman–Crippen MR) is 71.5 cm³/mol. The van der Waals surface area contributed by atoms with Crippen molar-refractivity contribution in [1.82, 2.24) is 19.1 Å². The number of fused-ring (bicyclic) bond motifs is 1. The van der Waals surface area contributed by atoms with Gasteiger partial charge in [-0.1, -0.05) is 11.6 Å². The Hall–Kier alpha value is -2.01. The number of imidazole rings is 2. The van der Waals surface area contributed by atoms with E-state index < -0.39 is 0 Å². The minimum atomic E-state index is 0.468. The molecule has 18 heavy (non-hydrogen) atoms. The minimum Gasteiger partial charge on any atom is -0.369 e. The average molecular weight is 262 g/mol. The number of hydrogen-bond donors (Lipinski definition) is 1. The third-order valence-electron chi connectivity index (χ3n) is 2.96. The van der Waals surface area contributed by atoms with Crippen molar-refractivity contribution in [2.45, 2.75) is 6.54 Å². The quantitative estimate of drug-likeness (QED) is 0.768. The molecule has 92 valence electrons. The second kappa shape index (κ2) is 4.03. The van der Waals surface area contributed by atoms with Crippen LogP contribution in [0.15, 0.2) is 30.6 Å². The number of halogens is 1. The Labute approximate surface area is 109 Å². The van der Waals surface area contributed by atoms with Crippen LogP contribution >= 0.6 is 11.6 Å². The SMILES string of the molecule is Cn1ccnc1Cn1c(N)nc2ccc(Cl)cc21. The van der Waals surface area contributed by atoms with Gasteiger partial charge in [0.2, 0.25) is 5.95 Å². The van der Waals surface area contributed by atoms with Crippen molar-refractivity contribution in [3.63, 3.8) is 0 Å². The Balaban J connectivity index is 2.13. The molecular formula is C12H12ClN5. The molecule has 0 aliphatic heterocycles. The van der Waals surface area contributed by atoms with Crippen LogP contribution in [0.25, 0.3) is 11.0 Å². The molecule has 0 fully saturated rings. The van der Waals surface area contributed by atoms with Gasteiger partial charge in [0, 0.05) is 24.5 Å². The first-order valence-corrected chi connectivity index (χ1v) is 5.90. The van der Waals surface area contributed by atoms with Gasteiger partial charge in [-0.3, -0.25) is 0 Å². The van der Waals surface area contributed by atoms with E-state index in [2.05, 4.69) is 9.97 Å². The lowest BCUT2D eigenvalue weighted by molar-refractivity contribution is 0.720. The summed E-state index contributed by atoms with van der Waals surface area (Å²) in [6, 6.07) is 5.54. The fraction of sp³-hybridized carbons (Fsp3) is 0.167. The maximum atomic E-state index is 6.01. The predicted octanol–water partition coefficient (Wildman–Crippen LogP) is 2.05. The fourth-order valence-corrected chi connectivity index (χ4v) is 2.14. The normalized spacial score (nSPS) is 11.2. The van der Waals surface area contributed by atoms with Crippen LogP contribution in [0.1, 0.15) is 5.82 Å². The maximum Gasteiger partial charge on any atom is 0.201 e. The highest BCUT2D eigenvalue weighted by molar-refractivity contribution is 6.31. The van der Waals surface area contributed by atoms with E-state index in [1.54, 1.807) is 12.3 Å². The summed E-state index contributed by atoms with van der Waals surface area (Å²) in [6.07, 6.45) is 3.66. The van der Waals surface area contributed by atoms with Gasteiger partial charge in [-0.2, -0.15) is 0 Å². The minimum absolute atomic E-state index is 0.468. The lowest BCUT2D eigenvalue weighted by Gasteiger charge is -2.06. The van der Waals surface area contributed by atoms with Crippen LogP contribution in [0, 0.1) is 0 Å². The highest BCUT2D eigenvalue weighted by atomic mass is 35.5. The summed E-state index contributed by atoms with van der Waals surface area (Å²) < 4.78 is 3.86. The molecule has 0 atom stereocenters. The van der Waals surface area contributed by atoms with Crippen LogP contribution in [-0.4, -0.2) is 19.1 Å². The van der Waals surface area contributed by atoms with Gasteiger partial charge in [-0.05, 0) is 18.2 Å². The Kier molecular flexibility index (Phi) is 2.48. The van der Waals surface area contributed by atoms with Crippen molar-refractivity contribution in [2.75, 3.05) is 5.73 Å². The van der Waals surface area contributed by atoms with Gasteiger partial charge in [0.05, 0.1) is 17.6 Å². The van der Waals surface area contributed by atoms with Gasteiger partial charge >= 0.3 is 0 Å². The third kappa shape index (κ3) is 1.73. The van der Waals surface area contributed by atoms with E-state index in [-0.39, 0.29) is 0 Å². The summed E-state index contributed by atoms with van der Waals surface area (Å²) in [5.74, 6) is 1.39. The van der Waals surface area contributed by atoms with E-state index in [4.69, 9.17) is 17.3 Å². The summed E-state index contributed by atoms with van der Waals surface area (Å²) in [5.41, 5.74) is 7.70. The van der Waals surface area contributed by atoms with E-state index in [1.165, 1.54) is 0 Å². The topological polar surface area (TPSA) is 61.7 Å².